The van der Waals surface area contributed by atoms with E-state index in [9.17, 15) is 4.79 Å². The molecule has 32 heavy (non-hydrogen) atoms. The van der Waals surface area contributed by atoms with Gasteiger partial charge in [-0.25, -0.2) is 4.98 Å². The topological polar surface area (TPSA) is 53.3 Å². The Kier molecular flexibility index (Phi) is 7.98. The van der Waals surface area contributed by atoms with Crippen LogP contribution in [-0.4, -0.2) is 35.3 Å². The number of carbonyl (C=O) groups excluding carboxylic acids is 1. The molecule has 0 bridgehead atoms. The SMILES string of the molecule is COc1ccc(C(=O)CSc2nc(-c3ccccc3)cn2-c2ccc(OC)cc2)cc1.Cl. The van der Waals surface area contributed by atoms with Crippen LogP contribution in [-0.2, 0) is 0 Å². The Hall–Kier alpha value is -3.22. The highest BCUT2D eigenvalue weighted by atomic mass is 35.5. The van der Waals surface area contributed by atoms with E-state index in [1.165, 1.54) is 11.8 Å². The predicted octanol–water partition coefficient (Wildman–Crippen LogP) is 5.95. The van der Waals surface area contributed by atoms with Crippen LogP contribution in [0.2, 0.25) is 0 Å². The van der Waals surface area contributed by atoms with Gasteiger partial charge in [0, 0.05) is 23.0 Å². The Labute approximate surface area is 197 Å². The second-order valence-corrected chi connectivity index (χ2v) is 7.73. The van der Waals surface area contributed by atoms with Crippen LogP contribution >= 0.6 is 24.2 Å². The molecule has 3 aromatic carbocycles. The summed E-state index contributed by atoms with van der Waals surface area (Å²) in [5.74, 6) is 1.84. The summed E-state index contributed by atoms with van der Waals surface area (Å²) < 4.78 is 12.4. The lowest BCUT2D eigenvalue weighted by atomic mass is 10.1. The van der Waals surface area contributed by atoms with Gasteiger partial charge in [-0.15, -0.1) is 12.4 Å². The minimum absolute atomic E-state index is 0. The van der Waals surface area contributed by atoms with E-state index >= 15 is 0 Å². The summed E-state index contributed by atoms with van der Waals surface area (Å²) >= 11 is 1.42. The zero-order chi connectivity index (χ0) is 21.6. The number of rotatable bonds is 8. The van der Waals surface area contributed by atoms with E-state index in [4.69, 9.17) is 14.5 Å². The maximum absolute atomic E-state index is 12.7. The highest BCUT2D eigenvalue weighted by molar-refractivity contribution is 7.99. The maximum atomic E-state index is 12.7. The van der Waals surface area contributed by atoms with Crippen LogP contribution in [0.25, 0.3) is 16.9 Å². The molecule has 5 nitrogen and oxygen atoms in total. The van der Waals surface area contributed by atoms with Crippen LogP contribution in [0, 0.1) is 0 Å². The predicted molar refractivity (Wildman–Crippen MR) is 131 cm³/mol. The molecule has 0 saturated carbocycles. The molecule has 0 atom stereocenters. The van der Waals surface area contributed by atoms with Crippen LogP contribution in [0.5, 0.6) is 11.5 Å². The lowest BCUT2D eigenvalue weighted by molar-refractivity contribution is 0.102. The van der Waals surface area contributed by atoms with Crippen molar-refractivity contribution in [3.63, 3.8) is 0 Å². The van der Waals surface area contributed by atoms with Crippen molar-refractivity contribution in [3.8, 4) is 28.4 Å². The molecule has 4 aromatic rings. The molecule has 0 aliphatic rings. The average molecular weight is 467 g/mol. The Morgan fingerprint density at radius 3 is 2.06 bits per heavy atom. The molecule has 0 amide bonds. The fourth-order valence-corrected chi connectivity index (χ4v) is 4.02. The monoisotopic (exact) mass is 466 g/mol. The van der Waals surface area contributed by atoms with Gasteiger partial charge >= 0.3 is 0 Å². The first-order chi connectivity index (χ1) is 15.2. The molecule has 1 aromatic heterocycles. The number of Topliss-reactive ketones (excluding diaryl/α,β-unsaturated/α-hetero) is 1. The number of imidazole rings is 1. The van der Waals surface area contributed by atoms with E-state index in [-0.39, 0.29) is 23.9 Å². The minimum Gasteiger partial charge on any atom is -0.497 e. The third kappa shape index (κ3) is 5.33. The lowest BCUT2D eigenvalue weighted by Crippen LogP contribution is -2.04. The Morgan fingerprint density at radius 1 is 0.875 bits per heavy atom. The van der Waals surface area contributed by atoms with E-state index in [1.54, 1.807) is 38.5 Å². The van der Waals surface area contributed by atoms with E-state index in [0.717, 1.165) is 33.6 Å². The van der Waals surface area contributed by atoms with Crippen LogP contribution in [0.3, 0.4) is 0 Å². The van der Waals surface area contributed by atoms with E-state index in [1.807, 2.05) is 65.4 Å². The molecule has 0 aliphatic heterocycles. The number of hydrogen-bond acceptors (Lipinski definition) is 5. The number of benzene rings is 3. The highest BCUT2D eigenvalue weighted by Crippen LogP contribution is 2.28. The molecule has 0 fully saturated rings. The quantitative estimate of drug-likeness (QED) is 0.237. The van der Waals surface area contributed by atoms with Crippen LogP contribution < -0.4 is 9.47 Å². The number of halogens is 1. The summed E-state index contributed by atoms with van der Waals surface area (Å²) in [5, 5.41) is 0.755. The number of aromatic nitrogens is 2. The fraction of sp³-hybridized carbons (Fsp3) is 0.120. The standard InChI is InChI=1S/C25H22N2O3S.ClH/c1-29-21-12-8-19(9-13-21)24(28)17-31-25-26-23(18-6-4-3-5-7-18)16-27(25)20-10-14-22(30-2)15-11-20;/h3-16H,17H2,1-2H3;1H. The van der Waals surface area contributed by atoms with Crippen molar-refractivity contribution in [1.29, 1.82) is 0 Å². The van der Waals surface area contributed by atoms with Crippen molar-refractivity contribution >= 4 is 30.0 Å². The third-order valence-corrected chi connectivity index (χ3v) is 5.79. The molecule has 4 rings (SSSR count). The lowest BCUT2D eigenvalue weighted by Gasteiger charge is -2.08. The second kappa shape index (κ2) is 10.9. The first-order valence-electron chi connectivity index (χ1n) is 9.77. The molecule has 0 N–H and O–H groups in total. The Bertz CT molecular complexity index is 1160. The van der Waals surface area contributed by atoms with E-state index < -0.39 is 0 Å². The first-order valence-corrected chi connectivity index (χ1v) is 10.8. The zero-order valence-electron chi connectivity index (χ0n) is 17.7. The zero-order valence-corrected chi connectivity index (χ0v) is 19.4. The van der Waals surface area contributed by atoms with Gasteiger partial charge < -0.3 is 9.47 Å². The van der Waals surface area contributed by atoms with Crippen molar-refractivity contribution in [2.45, 2.75) is 5.16 Å². The summed E-state index contributed by atoms with van der Waals surface area (Å²) in [7, 11) is 3.25. The largest absolute Gasteiger partial charge is 0.497 e. The molecule has 164 valence electrons. The first kappa shape index (κ1) is 23.4. The van der Waals surface area contributed by atoms with Crippen molar-refractivity contribution in [3.05, 3.63) is 90.6 Å². The van der Waals surface area contributed by atoms with Gasteiger partial charge in [0.15, 0.2) is 10.9 Å². The molecule has 0 radical (unpaired) electrons. The van der Waals surface area contributed by atoms with Crippen molar-refractivity contribution in [2.75, 3.05) is 20.0 Å². The molecular formula is C25H23ClN2O3S. The van der Waals surface area contributed by atoms with Crippen molar-refractivity contribution in [1.82, 2.24) is 9.55 Å². The Morgan fingerprint density at radius 2 is 1.47 bits per heavy atom. The number of ether oxygens (including phenoxy) is 2. The van der Waals surface area contributed by atoms with Gasteiger partial charge in [0.1, 0.15) is 11.5 Å². The highest BCUT2D eigenvalue weighted by Gasteiger charge is 2.15. The normalized spacial score (nSPS) is 10.3. The number of thioether (sulfide) groups is 1. The molecule has 0 saturated heterocycles. The molecular weight excluding hydrogens is 444 g/mol. The summed E-state index contributed by atoms with van der Waals surface area (Å²) in [5.41, 5.74) is 3.49. The third-order valence-electron chi connectivity index (χ3n) is 4.84. The number of ketones is 1. The van der Waals surface area contributed by atoms with E-state index in [0.29, 0.717) is 5.56 Å². The fourth-order valence-electron chi connectivity index (χ4n) is 3.13. The van der Waals surface area contributed by atoms with Gasteiger partial charge in [-0.3, -0.25) is 9.36 Å². The smallest absolute Gasteiger partial charge is 0.173 e. The number of methoxy groups -OCH3 is 2. The van der Waals surface area contributed by atoms with Gasteiger partial charge in [0.2, 0.25) is 0 Å². The Balaban J connectivity index is 0.00000289. The second-order valence-electron chi connectivity index (χ2n) is 6.78. The van der Waals surface area contributed by atoms with Gasteiger partial charge in [-0.05, 0) is 48.5 Å². The van der Waals surface area contributed by atoms with Gasteiger partial charge in [0.05, 0.1) is 25.7 Å². The number of nitrogens with zero attached hydrogens (tertiary/aromatic N) is 2. The number of carbonyl (C=O) groups is 1. The van der Waals surface area contributed by atoms with Crippen LogP contribution in [0.1, 0.15) is 10.4 Å². The number of hydrogen-bond donors (Lipinski definition) is 0. The summed E-state index contributed by atoms with van der Waals surface area (Å²) in [6.45, 7) is 0. The van der Waals surface area contributed by atoms with E-state index in [2.05, 4.69) is 0 Å². The summed E-state index contributed by atoms with van der Waals surface area (Å²) in [4.78, 5) is 17.5. The van der Waals surface area contributed by atoms with Crippen LogP contribution in [0.15, 0.2) is 90.2 Å². The van der Waals surface area contributed by atoms with Gasteiger partial charge in [0.25, 0.3) is 0 Å². The molecule has 0 spiro atoms. The van der Waals surface area contributed by atoms with Crippen molar-refractivity contribution in [2.24, 2.45) is 0 Å². The van der Waals surface area contributed by atoms with Gasteiger partial charge in [-0.1, -0.05) is 42.1 Å². The minimum atomic E-state index is 0. The summed E-state index contributed by atoms with van der Waals surface area (Å²) in [6.07, 6.45) is 2.00. The molecule has 1 heterocycles. The summed E-state index contributed by atoms with van der Waals surface area (Å²) in [6, 6.07) is 24.9. The molecule has 0 unspecified atom stereocenters. The van der Waals surface area contributed by atoms with Gasteiger partial charge in [-0.2, -0.15) is 0 Å². The van der Waals surface area contributed by atoms with Crippen LogP contribution in [0.4, 0.5) is 0 Å². The van der Waals surface area contributed by atoms with Crippen molar-refractivity contribution < 1.29 is 14.3 Å². The average Bonchev–Trinajstić information content (AvgIpc) is 3.27. The molecule has 7 heteroatoms. The maximum Gasteiger partial charge on any atom is 0.173 e. The molecule has 0 aliphatic carbocycles.